The number of pyridine rings is 1. The van der Waals surface area contributed by atoms with E-state index in [1.807, 2.05) is 19.3 Å². The minimum absolute atomic E-state index is 0.129. The summed E-state index contributed by atoms with van der Waals surface area (Å²) in [6, 6.07) is 4.28. The summed E-state index contributed by atoms with van der Waals surface area (Å²) in [4.78, 5) is 20.9. The Hall–Kier alpha value is -2.11. The number of anilines is 2. The number of hydrogen-bond donors (Lipinski definition) is 1. The summed E-state index contributed by atoms with van der Waals surface area (Å²) in [5, 5.41) is 3.23. The van der Waals surface area contributed by atoms with Crippen LogP contribution in [0.2, 0.25) is 0 Å². The molecule has 33 heavy (non-hydrogen) atoms. The quantitative estimate of drug-likeness (QED) is 0.687. The number of rotatable bonds is 4. The van der Waals surface area contributed by atoms with E-state index in [9.17, 15) is 9.18 Å². The molecule has 4 aliphatic rings. The van der Waals surface area contributed by atoms with Gasteiger partial charge in [0.1, 0.15) is 5.82 Å². The number of amides is 1. The minimum Gasteiger partial charge on any atom is -0.371 e. The van der Waals surface area contributed by atoms with Crippen LogP contribution in [0.25, 0.3) is 0 Å². The van der Waals surface area contributed by atoms with Gasteiger partial charge in [-0.05, 0) is 85.8 Å². The smallest absolute Gasteiger partial charge is 0.282 e. The zero-order valence-electron chi connectivity index (χ0n) is 20.8. The van der Waals surface area contributed by atoms with Gasteiger partial charge in [-0.1, -0.05) is 13.8 Å². The van der Waals surface area contributed by atoms with E-state index < -0.39 is 11.7 Å². The van der Waals surface area contributed by atoms with Crippen molar-refractivity contribution in [3.8, 4) is 0 Å². The van der Waals surface area contributed by atoms with Crippen molar-refractivity contribution in [1.82, 2.24) is 9.88 Å². The van der Waals surface area contributed by atoms with Crippen LogP contribution in [0.1, 0.15) is 52.4 Å². The number of halogens is 1. The SMILES string of the molecule is CNc1ncccc1N(C)CC1CCC2C3CCC4N(C)C(=O)C(F)=CC4(C)C3CCC12C. The molecule has 6 heteroatoms. The molecular weight excluding hydrogens is 415 g/mol. The van der Waals surface area contributed by atoms with E-state index in [-0.39, 0.29) is 11.5 Å². The van der Waals surface area contributed by atoms with Crippen molar-refractivity contribution in [2.75, 3.05) is 37.9 Å². The molecule has 3 fully saturated rings. The summed E-state index contributed by atoms with van der Waals surface area (Å²) >= 11 is 0. The van der Waals surface area contributed by atoms with Crippen LogP contribution < -0.4 is 10.2 Å². The molecule has 0 radical (unpaired) electrons. The molecule has 1 aliphatic heterocycles. The lowest BCUT2D eigenvalue weighted by atomic mass is 9.47. The van der Waals surface area contributed by atoms with E-state index in [0.717, 1.165) is 37.3 Å². The lowest BCUT2D eigenvalue weighted by Crippen LogP contribution is -2.60. The van der Waals surface area contributed by atoms with Gasteiger partial charge in [0.2, 0.25) is 0 Å². The Morgan fingerprint density at radius 2 is 2.00 bits per heavy atom. The first-order valence-corrected chi connectivity index (χ1v) is 12.7. The molecule has 1 amide bonds. The molecule has 0 aromatic carbocycles. The molecule has 3 saturated carbocycles. The monoisotopic (exact) mass is 454 g/mol. The van der Waals surface area contributed by atoms with Crippen molar-refractivity contribution in [2.45, 2.75) is 58.4 Å². The predicted molar refractivity (Wildman–Crippen MR) is 131 cm³/mol. The highest BCUT2D eigenvalue weighted by molar-refractivity contribution is 5.92. The molecule has 5 nitrogen and oxygen atoms in total. The van der Waals surface area contributed by atoms with Crippen LogP contribution >= 0.6 is 0 Å². The van der Waals surface area contributed by atoms with E-state index in [1.165, 1.54) is 19.3 Å². The largest absolute Gasteiger partial charge is 0.371 e. The second-order valence-electron chi connectivity index (χ2n) is 11.6. The van der Waals surface area contributed by atoms with Crippen molar-refractivity contribution < 1.29 is 9.18 Å². The Bertz CT molecular complexity index is 965. The number of fused-ring (bicyclic) bond motifs is 5. The van der Waals surface area contributed by atoms with Gasteiger partial charge in [0, 0.05) is 45.3 Å². The normalized spacial score (nSPS) is 39.9. The van der Waals surface area contributed by atoms with Crippen molar-refractivity contribution in [3.63, 3.8) is 0 Å². The van der Waals surface area contributed by atoms with Gasteiger partial charge in [-0.15, -0.1) is 0 Å². The third-order valence-electron chi connectivity index (χ3n) is 10.3. The first-order chi connectivity index (χ1) is 15.7. The highest BCUT2D eigenvalue weighted by Gasteiger charge is 2.61. The molecule has 0 spiro atoms. The van der Waals surface area contributed by atoms with Crippen LogP contribution in [0.3, 0.4) is 0 Å². The molecule has 1 aromatic rings. The lowest BCUT2D eigenvalue weighted by Gasteiger charge is -2.60. The number of carbonyl (C=O) groups excluding carboxylic acids is 1. The molecule has 7 unspecified atom stereocenters. The van der Waals surface area contributed by atoms with E-state index >= 15 is 0 Å². The average Bonchev–Trinajstić information content (AvgIpc) is 3.13. The van der Waals surface area contributed by atoms with Gasteiger partial charge in [0.15, 0.2) is 5.83 Å². The molecule has 3 aliphatic carbocycles. The molecule has 7 atom stereocenters. The van der Waals surface area contributed by atoms with Crippen molar-refractivity contribution in [2.24, 2.45) is 34.5 Å². The lowest BCUT2D eigenvalue weighted by molar-refractivity contribution is -0.142. The third kappa shape index (κ3) is 3.30. The maximum atomic E-state index is 14.6. The Kier molecular flexibility index (Phi) is 5.49. The predicted octanol–water partition coefficient (Wildman–Crippen LogP) is 5.11. The molecule has 0 bridgehead atoms. The fourth-order valence-corrected chi connectivity index (χ4v) is 8.56. The molecule has 5 rings (SSSR count). The van der Waals surface area contributed by atoms with Crippen LogP contribution in [-0.2, 0) is 4.79 Å². The number of nitrogens with zero attached hydrogens (tertiary/aromatic N) is 3. The van der Waals surface area contributed by atoms with E-state index in [2.05, 4.69) is 42.2 Å². The molecular formula is C27H39FN4O. The fraction of sp³-hybridized carbons (Fsp3) is 0.704. The minimum atomic E-state index is -0.548. The van der Waals surface area contributed by atoms with Gasteiger partial charge >= 0.3 is 0 Å². The van der Waals surface area contributed by atoms with E-state index in [0.29, 0.717) is 29.1 Å². The summed E-state index contributed by atoms with van der Waals surface area (Å²) in [5.74, 6) is 2.36. The van der Waals surface area contributed by atoms with Gasteiger partial charge < -0.3 is 15.1 Å². The highest BCUT2D eigenvalue weighted by Crippen LogP contribution is 2.65. The number of hydrogen-bond acceptors (Lipinski definition) is 4. The summed E-state index contributed by atoms with van der Waals surface area (Å²) in [5.41, 5.74) is 1.23. The average molecular weight is 455 g/mol. The van der Waals surface area contributed by atoms with Crippen LogP contribution in [0, 0.1) is 34.5 Å². The molecule has 0 saturated heterocycles. The fourth-order valence-electron chi connectivity index (χ4n) is 8.56. The summed E-state index contributed by atoms with van der Waals surface area (Å²) in [7, 11) is 5.91. The molecule has 1 N–H and O–H groups in total. The second-order valence-corrected chi connectivity index (χ2v) is 11.6. The van der Waals surface area contributed by atoms with Crippen LogP contribution in [0.4, 0.5) is 15.9 Å². The van der Waals surface area contributed by atoms with E-state index in [1.54, 1.807) is 18.0 Å². The van der Waals surface area contributed by atoms with Crippen LogP contribution in [0.15, 0.2) is 30.2 Å². The summed E-state index contributed by atoms with van der Waals surface area (Å²) < 4.78 is 14.6. The van der Waals surface area contributed by atoms with Crippen molar-refractivity contribution in [1.29, 1.82) is 0 Å². The highest BCUT2D eigenvalue weighted by atomic mass is 19.1. The first kappa shape index (κ1) is 22.7. The van der Waals surface area contributed by atoms with E-state index in [4.69, 9.17) is 0 Å². The Labute approximate surface area is 197 Å². The molecule has 180 valence electrons. The molecule has 2 heterocycles. The van der Waals surface area contributed by atoms with Crippen LogP contribution in [-0.4, -0.2) is 49.5 Å². The number of aromatic nitrogens is 1. The Balaban J connectivity index is 1.38. The summed E-state index contributed by atoms with van der Waals surface area (Å²) in [6.45, 7) is 5.79. The second kappa shape index (κ2) is 7.99. The number of likely N-dealkylation sites (N-methyl/N-ethyl adjacent to an activating group) is 1. The van der Waals surface area contributed by atoms with Gasteiger partial charge in [-0.3, -0.25) is 4.79 Å². The van der Waals surface area contributed by atoms with Gasteiger partial charge in [0.05, 0.1) is 5.69 Å². The third-order valence-corrected chi connectivity index (χ3v) is 10.3. The Morgan fingerprint density at radius 3 is 2.76 bits per heavy atom. The van der Waals surface area contributed by atoms with Gasteiger partial charge in [0.25, 0.3) is 5.91 Å². The van der Waals surface area contributed by atoms with Crippen LogP contribution in [0.5, 0.6) is 0 Å². The van der Waals surface area contributed by atoms with Gasteiger partial charge in [-0.2, -0.15) is 0 Å². The standard InChI is InChI=1S/C27H39FN4O/c1-26-13-12-20-18(9-11-23-27(20,2)15-21(28)25(33)32(23)5)19(26)10-8-17(26)16-31(4)22-7-6-14-30-24(22)29-3/h6-7,14-15,17-20,23H,8-13,16H2,1-5H3,(H,29,30). The molecule has 1 aromatic heterocycles. The maximum absolute atomic E-state index is 14.6. The van der Waals surface area contributed by atoms with Crippen molar-refractivity contribution in [3.05, 3.63) is 30.2 Å². The topological polar surface area (TPSA) is 48.5 Å². The number of nitrogens with one attached hydrogen (secondary N) is 1. The maximum Gasteiger partial charge on any atom is 0.282 e. The zero-order valence-corrected chi connectivity index (χ0v) is 20.8. The zero-order chi connectivity index (χ0) is 23.5. The van der Waals surface area contributed by atoms with Crippen molar-refractivity contribution >= 4 is 17.4 Å². The Morgan fingerprint density at radius 1 is 1.21 bits per heavy atom. The van der Waals surface area contributed by atoms with Gasteiger partial charge in [-0.25, -0.2) is 9.37 Å². The first-order valence-electron chi connectivity index (χ1n) is 12.7. The summed E-state index contributed by atoms with van der Waals surface area (Å²) in [6.07, 6.45) is 10.5. The number of carbonyl (C=O) groups is 1.